The third-order valence-corrected chi connectivity index (χ3v) is 2.93. The first-order valence-corrected chi connectivity index (χ1v) is 6.17. The van der Waals surface area contributed by atoms with Crippen molar-refractivity contribution in [1.29, 1.82) is 0 Å². The SMILES string of the molecule is CC(C)C(O)CNC(Cc1ccncc1)C(F)(F)F. The summed E-state index contributed by atoms with van der Waals surface area (Å²) in [7, 11) is 0. The highest BCUT2D eigenvalue weighted by Crippen LogP contribution is 2.23. The minimum atomic E-state index is -4.35. The Bertz CT molecular complexity index is 368. The molecule has 0 aliphatic carbocycles. The van der Waals surface area contributed by atoms with E-state index in [2.05, 4.69) is 10.3 Å². The van der Waals surface area contributed by atoms with Crippen molar-refractivity contribution < 1.29 is 18.3 Å². The molecule has 0 bridgehead atoms. The lowest BCUT2D eigenvalue weighted by molar-refractivity contribution is -0.156. The summed E-state index contributed by atoms with van der Waals surface area (Å²) in [5.41, 5.74) is 0.559. The average molecular weight is 276 g/mol. The molecule has 19 heavy (non-hydrogen) atoms. The fourth-order valence-electron chi connectivity index (χ4n) is 1.56. The number of hydrogen-bond acceptors (Lipinski definition) is 3. The standard InChI is InChI=1S/C13H19F3N2O/c1-9(2)11(19)8-18-12(13(14,15)16)7-10-3-5-17-6-4-10/h3-6,9,11-12,18-19H,7-8H2,1-2H3. The van der Waals surface area contributed by atoms with Crippen molar-refractivity contribution in [3.05, 3.63) is 30.1 Å². The summed E-state index contributed by atoms with van der Waals surface area (Å²) in [6.45, 7) is 3.45. The van der Waals surface area contributed by atoms with Crippen LogP contribution in [0.2, 0.25) is 0 Å². The van der Waals surface area contributed by atoms with Crippen LogP contribution in [-0.2, 0) is 6.42 Å². The van der Waals surface area contributed by atoms with Crippen LogP contribution in [0.1, 0.15) is 19.4 Å². The summed E-state index contributed by atoms with van der Waals surface area (Å²) >= 11 is 0. The highest BCUT2D eigenvalue weighted by molar-refractivity contribution is 5.12. The smallest absolute Gasteiger partial charge is 0.392 e. The first-order valence-electron chi connectivity index (χ1n) is 6.17. The van der Waals surface area contributed by atoms with Crippen LogP contribution >= 0.6 is 0 Å². The van der Waals surface area contributed by atoms with E-state index in [0.717, 1.165) is 0 Å². The minimum Gasteiger partial charge on any atom is -0.392 e. The number of aliphatic hydroxyl groups excluding tert-OH is 1. The van der Waals surface area contributed by atoms with Gasteiger partial charge >= 0.3 is 6.18 Å². The zero-order valence-corrected chi connectivity index (χ0v) is 11.0. The van der Waals surface area contributed by atoms with Gasteiger partial charge in [0.1, 0.15) is 6.04 Å². The number of aromatic nitrogens is 1. The van der Waals surface area contributed by atoms with E-state index < -0.39 is 18.3 Å². The topological polar surface area (TPSA) is 45.1 Å². The van der Waals surface area contributed by atoms with Crippen molar-refractivity contribution >= 4 is 0 Å². The molecule has 0 saturated carbocycles. The maximum Gasteiger partial charge on any atom is 0.404 e. The first kappa shape index (κ1) is 15.9. The van der Waals surface area contributed by atoms with Crippen LogP contribution in [0.5, 0.6) is 0 Å². The molecule has 0 spiro atoms. The van der Waals surface area contributed by atoms with Crippen molar-refractivity contribution in [3.8, 4) is 0 Å². The summed E-state index contributed by atoms with van der Waals surface area (Å²) in [4.78, 5) is 3.77. The summed E-state index contributed by atoms with van der Waals surface area (Å²) < 4.78 is 38.7. The Balaban J connectivity index is 2.63. The second-order valence-corrected chi connectivity index (χ2v) is 4.87. The molecule has 0 aliphatic rings. The van der Waals surface area contributed by atoms with Gasteiger partial charge in [0.15, 0.2) is 0 Å². The van der Waals surface area contributed by atoms with Gasteiger partial charge in [0.25, 0.3) is 0 Å². The number of nitrogens with zero attached hydrogens (tertiary/aromatic N) is 1. The molecular weight excluding hydrogens is 257 g/mol. The molecule has 0 aromatic carbocycles. The van der Waals surface area contributed by atoms with Crippen LogP contribution in [0, 0.1) is 5.92 Å². The molecule has 3 nitrogen and oxygen atoms in total. The molecule has 1 heterocycles. The molecule has 0 amide bonds. The Morgan fingerprint density at radius 3 is 2.32 bits per heavy atom. The maximum absolute atomic E-state index is 12.9. The molecule has 2 N–H and O–H groups in total. The third kappa shape index (κ3) is 5.57. The maximum atomic E-state index is 12.9. The van der Waals surface area contributed by atoms with E-state index in [9.17, 15) is 18.3 Å². The monoisotopic (exact) mass is 276 g/mol. The fourth-order valence-corrected chi connectivity index (χ4v) is 1.56. The Labute approximate surface area is 110 Å². The van der Waals surface area contributed by atoms with Crippen molar-refractivity contribution in [3.63, 3.8) is 0 Å². The lowest BCUT2D eigenvalue weighted by Crippen LogP contribution is -2.47. The van der Waals surface area contributed by atoms with Crippen LogP contribution in [-0.4, -0.2) is 35.0 Å². The predicted molar refractivity (Wildman–Crippen MR) is 66.6 cm³/mol. The van der Waals surface area contributed by atoms with E-state index in [1.165, 1.54) is 12.4 Å². The van der Waals surface area contributed by atoms with Crippen LogP contribution < -0.4 is 5.32 Å². The molecule has 1 aromatic heterocycles. The number of rotatable bonds is 6. The van der Waals surface area contributed by atoms with E-state index in [0.29, 0.717) is 5.56 Å². The summed E-state index contributed by atoms with van der Waals surface area (Å²) in [6.07, 6.45) is -2.38. The van der Waals surface area contributed by atoms with Gasteiger partial charge in [-0.2, -0.15) is 13.2 Å². The summed E-state index contributed by atoms with van der Waals surface area (Å²) in [6, 6.07) is 1.45. The fraction of sp³-hybridized carbons (Fsp3) is 0.615. The quantitative estimate of drug-likeness (QED) is 0.837. The second-order valence-electron chi connectivity index (χ2n) is 4.87. The third-order valence-electron chi connectivity index (χ3n) is 2.93. The normalized spacial score (nSPS) is 15.5. The number of halogens is 3. The lowest BCUT2D eigenvalue weighted by Gasteiger charge is -2.24. The zero-order chi connectivity index (χ0) is 14.5. The van der Waals surface area contributed by atoms with E-state index in [1.807, 2.05) is 0 Å². The average Bonchev–Trinajstić information content (AvgIpc) is 2.33. The first-order chi connectivity index (χ1) is 8.80. The van der Waals surface area contributed by atoms with E-state index in [4.69, 9.17) is 0 Å². The Morgan fingerprint density at radius 1 is 1.26 bits per heavy atom. The molecule has 2 atom stereocenters. The van der Waals surface area contributed by atoms with Gasteiger partial charge in [0, 0.05) is 18.9 Å². The van der Waals surface area contributed by atoms with Gasteiger partial charge in [-0.3, -0.25) is 4.98 Å². The van der Waals surface area contributed by atoms with Crippen LogP contribution in [0.25, 0.3) is 0 Å². The number of nitrogens with one attached hydrogen (secondary N) is 1. The number of aliphatic hydroxyl groups is 1. The molecule has 0 fully saturated rings. The highest BCUT2D eigenvalue weighted by Gasteiger charge is 2.39. The van der Waals surface area contributed by atoms with E-state index in [1.54, 1.807) is 26.0 Å². The van der Waals surface area contributed by atoms with Gasteiger partial charge < -0.3 is 10.4 Å². The van der Waals surface area contributed by atoms with Gasteiger partial charge in [-0.25, -0.2) is 0 Å². The van der Waals surface area contributed by atoms with Gasteiger partial charge in [-0.1, -0.05) is 13.8 Å². The molecule has 2 unspecified atom stereocenters. The van der Waals surface area contributed by atoms with Gasteiger partial charge in [-0.05, 0) is 30.0 Å². The van der Waals surface area contributed by atoms with E-state index >= 15 is 0 Å². The van der Waals surface area contributed by atoms with Crippen molar-refractivity contribution in [2.75, 3.05) is 6.54 Å². The molecular formula is C13H19F3N2O. The Morgan fingerprint density at radius 2 is 1.84 bits per heavy atom. The zero-order valence-electron chi connectivity index (χ0n) is 11.0. The van der Waals surface area contributed by atoms with Crippen LogP contribution in [0.3, 0.4) is 0 Å². The number of alkyl halides is 3. The molecule has 0 saturated heterocycles. The predicted octanol–water partition coefficient (Wildman–Crippen LogP) is 2.16. The molecule has 6 heteroatoms. The summed E-state index contributed by atoms with van der Waals surface area (Å²) in [5.74, 6) is -0.0812. The largest absolute Gasteiger partial charge is 0.404 e. The van der Waals surface area contributed by atoms with Crippen molar-refractivity contribution in [2.24, 2.45) is 5.92 Å². The molecule has 1 aromatic rings. The highest BCUT2D eigenvalue weighted by atomic mass is 19.4. The minimum absolute atomic E-state index is 0.0765. The van der Waals surface area contributed by atoms with Gasteiger partial charge in [0.05, 0.1) is 6.10 Å². The Hall–Kier alpha value is -1.14. The number of pyridine rings is 1. The van der Waals surface area contributed by atoms with Gasteiger partial charge in [0.2, 0.25) is 0 Å². The lowest BCUT2D eigenvalue weighted by atomic mass is 10.0. The Kier molecular flexibility index (Phi) is 5.75. The van der Waals surface area contributed by atoms with Gasteiger partial charge in [-0.15, -0.1) is 0 Å². The molecule has 108 valence electrons. The van der Waals surface area contributed by atoms with Crippen LogP contribution in [0.4, 0.5) is 13.2 Å². The van der Waals surface area contributed by atoms with E-state index in [-0.39, 0.29) is 18.9 Å². The summed E-state index contributed by atoms with van der Waals surface area (Å²) in [5, 5.41) is 12.0. The van der Waals surface area contributed by atoms with Crippen molar-refractivity contribution in [1.82, 2.24) is 10.3 Å². The van der Waals surface area contributed by atoms with Crippen LogP contribution in [0.15, 0.2) is 24.5 Å². The van der Waals surface area contributed by atoms with Crippen molar-refractivity contribution in [2.45, 2.75) is 38.6 Å². The second kappa shape index (κ2) is 6.86. The molecule has 0 radical (unpaired) electrons. The molecule has 0 aliphatic heterocycles. The molecule has 1 rings (SSSR count). The number of hydrogen-bond donors (Lipinski definition) is 2.